The van der Waals surface area contributed by atoms with E-state index in [1.165, 1.54) is 18.3 Å². The van der Waals surface area contributed by atoms with Crippen LogP contribution in [0.4, 0.5) is 0 Å². The third-order valence-electron chi connectivity index (χ3n) is 4.68. The van der Waals surface area contributed by atoms with Crippen LogP contribution in [0.2, 0.25) is 0 Å². The Hall–Kier alpha value is -1.24. The Morgan fingerprint density at radius 1 is 1.32 bits per heavy atom. The van der Waals surface area contributed by atoms with Crippen LogP contribution in [0.3, 0.4) is 0 Å². The molecule has 3 rings (SSSR count). The van der Waals surface area contributed by atoms with Crippen molar-refractivity contribution in [1.82, 2.24) is 4.90 Å². The number of aliphatic hydroxyl groups excluding tert-OH is 1. The van der Waals surface area contributed by atoms with Crippen LogP contribution in [0, 0.1) is 0 Å². The van der Waals surface area contributed by atoms with Crippen LogP contribution >= 0.6 is 11.3 Å². The lowest BCUT2D eigenvalue weighted by atomic mass is 9.82. The minimum Gasteiger partial charge on any atom is -0.390 e. The van der Waals surface area contributed by atoms with Crippen LogP contribution in [0.25, 0.3) is 0 Å². The molecule has 1 aromatic rings. The summed E-state index contributed by atoms with van der Waals surface area (Å²) in [4.78, 5) is 26.9. The van der Waals surface area contributed by atoms with Crippen molar-refractivity contribution < 1.29 is 19.4 Å². The molecular formula is C16H21NO4S. The third kappa shape index (κ3) is 2.83. The number of amides is 1. The van der Waals surface area contributed by atoms with Crippen molar-refractivity contribution in [2.75, 3.05) is 19.7 Å². The van der Waals surface area contributed by atoms with Gasteiger partial charge in [0.25, 0.3) is 5.91 Å². The van der Waals surface area contributed by atoms with Crippen molar-refractivity contribution in [2.24, 2.45) is 0 Å². The summed E-state index contributed by atoms with van der Waals surface area (Å²) in [6, 6.07) is 3.43. The maximum absolute atomic E-state index is 12.5. The fourth-order valence-electron chi connectivity index (χ4n) is 3.28. The molecule has 2 aliphatic rings. The second kappa shape index (κ2) is 6.10. The Bertz CT molecular complexity index is 574. The van der Waals surface area contributed by atoms with Crippen LogP contribution in [0.1, 0.15) is 52.0 Å². The molecule has 2 fully saturated rings. The molecule has 2 saturated heterocycles. The molecule has 1 atom stereocenters. The van der Waals surface area contributed by atoms with E-state index in [1.807, 2.05) is 0 Å². The van der Waals surface area contributed by atoms with Crippen molar-refractivity contribution in [2.45, 2.75) is 44.3 Å². The Morgan fingerprint density at radius 3 is 2.59 bits per heavy atom. The van der Waals surface area contributed by atoms with Crippen LogP contribution in [-0.2, 0) is 4.74 Å². The molecule has 1 amide bonds. The maximum Gasteiger partial charge on any atom is 0.263 e. The smallest absolute Gasteiger partial charge is 0.263 e. The minimum absolute atomic E-state index is 0.0135. The largest absolute Gasteiger partial charge is 0.390 e. The van der Waals surface area contributed by atoms with Crippen LogP contribution in [-0.4, -0.2) is 53.1 Å². The number of carbonyl (C=O) groups excluding carboxylic acids is 2. The zero-order valence-electron chi connectivity index (χ0n) is 12.7. The summed E-state index contributed by atoms with van der Waals surface area (Å²) >= 11 is 1.25. The first kappa shape index (κ1) is 15.6. The maximum atomic E-state index is 12.5. The molecule has 0 bridgehead atoms. The van der Waals surface area contributed by atoms with Gasteiger partial charge in [-0.05, 0) is 44.7 Å². The second-order valence-electron chi connectivity index (χ2n) is 6.08. The van der Waals surface area contributed by atoms with Gasteiger partial charge < -0.3 is 14.7 Å². The topological polar surface area (TPSA) is 66.8 Å². The molecule has 1 N–H and O–H groups in total. The molecule has 0 unspecified atom stereocenters. The lowest BCUT2D eigenvalue weighted by Gasteiger charge is -2.46. The Kier molecular flexibility index (Phi) is 4.34. The van der Waals surface area contributed by atoms with Crippen molar-refractivity contribution >= 4 is 23.0 Å². The lowest BCUT2D eigenvalue weighted by Crippen LogP contribution is -2.56. The number of ketones is 1. The van der Waals surface area contributed by atoms with E-state index in [0.717, 1.165) is 12.8 Å². The average molecular weight is 323 g/mol. The summed E-state index contributed by atoms with van der Waals surface area (Å²) in [5.74, 6) is -0.0435. The third-order valence-corrected chi connectivity index (χ3v) is 5.85. The molecule has 0 radical (unpaired) electrons. The van der Waals surface area contributed by atoms with E-state index in [-0.39, 0.29) is 11.7 Å². The predicted molar refractivity (Wildman–Crippen MR) is 83.4 cm³/mol. The fraction of sp³-hybridized carbons (Fsp3) is 0.625. The molecule has 0 saturated carbocycles. The molecule has 120 valence electrons. The number of piperidine rings is 1. The van der Waals surface area contributed by atoms with E-state index < -0.39 is 11.7 Å². The first-order valence-electron chi connectivity index (χ1n) is 7.74. The van der Waals surface area contributed by atoms with Gasteiger partial charge in [0.2, 0.25) is 0 Å². The molecule has 0 aromatic carbocycles. The average Bonchev–Trinajstić information content (AvgIpc) is 3.01. The number of likely N-dealkylation sites (tertiary alicyclic amines) is 1. The van der Waals surface area contributed by atoms with Gasteiger partial charge in [-0.15, -0.1) is 11.3 Å². The second-order valence-corrected chi connectivity index (χ2v) is 7.17. The molecule has 1 spiro atoms. The summed E-state index contributed by atoms with van der Waals surface area (Å²) in [5, 5.41) is 10.2. The lowest BCUT2D eigenvalue weighted by molar-refractivity contribution is -0.174. The van der Waals surface area contributed by atoms with Crippen molar-refractivity contribution in [3.8, 4) is 0 Å². The van der Waals surface area contributed by atoms with Crippen LogP contribution in [0.5, 0.6) is 0 Å². The number of Topliss-reactive ketones (excluding diaryl/α,β-unsaturated/α-hetero) is 1. The normalized spacial score (nSPS) is 24.5. The molecule has 22 heavy (non-hydrogen) atoms. The number of hydrogen-bond donors (Lipinski definition) is 1. The summed E-state index contributed by atoms with van der Waals surface area (Å²) in [7, 11) is 0. The van der Waals surface area contributed by atoms with Crippen LogP contribution < -0.4 is 0 Å². The number of carbonyl (C=O) groups is 2. The quantitative estimate of drug-likeness (QED) is 0.847. The number of hydrogen-bond acceptors (Lipinski definition) is 5. The molecule has 3 heterocycles. The first-order chi connectivity index (χ1) is 10.5. The van der Waals surface area contributed by atoms with E-state index in [4.69, 9.17) is 4.74 Å². The van der Waals surface area contributed by atoms with Crippen LogP contribution in [0.15, 0.2) is 12.1 Å². The minimum atomic E-state index is -0.463. The summed E-state index contributed by atoms with van der Waals surface area (Å²) in [6.07, 6.45) is 2.59. The van der Waals surface area contributed by atoms with Gasteiger partial charge in [0.1, 0.15) is 0 Å². The van der Waals surface area contributed by atoms with Gasteiger partial charge in [0, 0.05) is 19.7 Å². The molecule has 2 aliphatic heterocycles. The first-order valence-corrected chi connectivity index (χ1v) is 8.55. The summed E-state index contributed by atoms with van der Waals surface area (Å²) in [6.45, 7) is 3.37. The molecular weight excluding hydrogens is 302 g/mol. The van der Waals surface area contributed by atoms with E-state index in [0.29, 0.717) is 42.3 Å². The Labute approximate surface area is 133 Å². The van der Waals surface area contributed by atoms with Crippen molar-refractivity contribution in [1.29, 1.82) is 0 Å². The molecule has 6 heteroatoms. The van der Waals surface area contributed by atoms with E-state index in [1.54, 1.807) is 17.0 Å². The fourth-order valence-corrected chi connectivity index (χ4v) is 4.14. The number of aliphatic hydroxyl groups is 1. The number of nitrogens with zero attached hydrogens (tertiary/aromatic N) is 1. The highest BCUT2D eigenvalue weighted by molar-refractivity contribution is 7.15. The van der Waals surface area contributed by atoms with Gasteiger partial charge in [0.05, 0.1) is 21.5 Å². The van der Waals surface area contributed by atoms with Crippen molar-refractivity contribution in [3.63, 3.8) is 0 Å². The van der Waals surface area contributed by atoms with E-state index >= 15 is 0 Å². The standard InChI is InChI=1S/C16H21NO4S/c1-11(18)12-4-5-13(22-12)15(20)17-8-6-16(7-9-17)14(19)3-2-10-21-16/h4-5,14,19H,2-3,6-10H2,1H3/t14-/m1/s1. The van der Waals surface area contributed by atoms with Gasteiger partial charge >= 0.3 is 0 Å². The van der Waals surface area contributed by atoms with Gasteiger partial charge in [-0.25, -0.2) is 0 Å². The molecule has 1 aromatic heterocycles. The van der Waals surface area contributed by atoms with E-state index in [2.05, 4.69) is 0 Å². The predicted octanol–water partition coefficient (Wildman–Crippen LogP) is 2.10. The van der Waals surface area contributed by atoms with Gasteiger partial charge in [0.15, 0.2) is 5.78 Å². The van der Waals surface area contributed by atoms with Gasteiger partial charge in [-0.3, -0.25) is 9.59 Å². The highest BCUT2D eigenvalue weighted by Crippen LogP contribution is 2.35. The molecule has 5 nitrogen and oxygen atoms in total. The zero-order chi connectivity index (χ0) is 15.7. The number of thiophene rings is 1. The number of ether oxygens (including phenoxy) is 1. The van der Waals surface area contributed by atoms with E-state index in [9.17, 15) is 14.7 Å². The summed E-state index contributed by atoms with van der Waals surface area (Å²) in [5.41, 5.74) is -0.463. The van der Waals surface area contributed by atoms with Gasteiger partial charge in [-0.2, -0.15) is 0 Å². The SMILES string of the molecule is CC(=O)c1ccc(C(=O)N2CCC3(CC2)OCCC[C@H]3O)s1. The highest BCUT2D eigenvalue weighted by Gasteiger charge is 2.44. The summed E-state index contributed by atoms with van der Waals surface area (Å²) < 4.78 is 5.86. The number of rotatable bonds is 2. The Morgan fingerprint density at radius 2 is 2.00 bits per heavy atom. The van der Waals surface area contributed by atoms with Crippen molar-refractivity contribution in [3.05, 3.63) is 21.9 Å². The zero-order valence-corrected chi connectivity index (χ0v) is 13.5. The van der Waals surface area contributed by atoms with Gasteiger partial charge in [-0.1, -0.05) is 0 Å². The Balaban J connectivity index is 1.65. The highest BCUT2D eigenvalue weighted by atomic mass is 32.1. The molecule has 0 aliphatic carbocycles. The monoisotopic (exact) mass is 323 g/mol.